The number of nitrogens with zero attached hydrogens (tertiary/aromatic N) is 1. The molecule has 187 valence electrons. The smallest absolute Gasteiger partial charge is 0.525 e. The molecule has 0 spiro atoms. The maximum atomic E-state index is 8.45. The molecule has 1 aromatic heterocycles. The van der Waals surface area contributed by atoms with E-state index in [2.05, 4.69) is 109 Å². The molecule has 0 unspecified atom stereocenters. The zero-order valence-electron chi connectivity index (χ0n) is 21.7. The van der Waals surface area contributed by atoms with Crippen LogP contribution in [0.5, 0.6) is 0 Å². The van der Waals surface area contributed by atoms with Crippen LogP contribution in [0, 0.1) is 0 Å². The van der Waals surface area contributed by atoms with E-state index in [4.69, 9.17) is 9.78 Å². The van der Waals surface area contributed by atoms with Gasteiger partial charge in [0.2, 0.25) is 0 Å². The Balaban J connectivity index is 0.00000137. The zero-order valence-corrected chi connectivity index (χ0v) is 26.0. The summed E-state index contributed by atoms with van der Waals surface area (Å²) < 4.78 is 0. The summed E-state index contributed by atoms with van der Waals surface area (Å²) in [6.45, 7) is 19.1. The number of aromatic nitrogens is 1. The van der Waals surface area contributed by atoms with E-state index in [1.165, 1.54) is 45.3 Å². The van der Waals surface area contributed by atoms with Crippen LogP contribution < -0.4 is 0 Å². The van der Waals surface area contributed by atoms with E-state index in [-0.39, 0.29) is 35.3 Å². The molecule has 0 N–H and O–H groups in total. The minimum atomic E-state index is -0.0470. The Hall–Kier alpha value is -0.447. The summed E-state index contributed by atoms with van der Waals surface area (Å²) in [6, 6.07) is 15.9. The molecule has 34 heavy (non-hydrogen) atoms. The van der Waals surface area contributed by atoms with E-state index in [0.717, 1.165) is 28.4 Å². The number of hydrogen-bond donors (Lipinski definition) is 0. The molecule has 0 aliphatic heterocycles. The van der Waals surface area contributed by atoms with Gasteiger partial charge in [-0.2, -0.15) is 5.75 Å². The van der Waals surface area contributed by atoms with Gasteiger partial charge in [-0.25, -0.2) is 4.98 Å². The van der Waals surface area contributed by atoms with Gasteiger partial charge in [-0.1, -0.05) is 108 Å². The maximum absolute atomic E-state index is 8.45. The van der Waals surface area contributed by atoms with Crippen LogP contribution >= 0.6 is 27.4 Å². The molecule has 2 aromatic carbocycles. The van der Waals surface area contributed by atoms with Gasteiger partial charge >= 0.3 is 19.5 Å². The first kappa shape index (κ1) is 31.6. The first-order valence-corrected chi connectivity index (χ1v) is 15.6. The molecule has 0 saturated carbocycles. The van der Waals surface area contributed by atoms with Gasteiger partial charge < -0.3 is 16.4 Å². The van der Waals surface area contributed by atoms with Gasteiger partial charge in [0, 0.05) is 10.8 Å². The van der Waals surface area contributed by atoms with Crippen molar-refractivity contribution in [2.45, 2.75) is 90.3 Å². The predicted molar refractivity (Wildman–Crippen MR) is 153 cm³/mol. The van der Waals surface area contributed by atoms with Crippen molar-refractivity contribution in [3.63, 3.8) is 0 Å². The summed E-state index contributed by atoms with van der Waals surface area (Å²) in [5.74, 6) is 0.972. The van der Waals surface area contributed by atoms with Gasteiger partial charge in [0.05, 0.1) is 11.0 Å². The van der Waals surface area contributed by atoms with Gasteiger partial charge in [0.25, 0.3) is 0 Å². The molecule has 3 aromatic rings. The van der Waals surface area contributed by atoms with Gasteiger partial charge in [-0.05, 0) is 52.2 Å². The summed E-state index contributed by atoms with van der Waals surface area (Å²) in [5.41, 5.74) is 8.30. The van der Waals surface area contributed by atoms with Crippen LogP contribution in [0.15, 0.2) is 42.5 Å². The SMILES string of the molecule is CC(C)P(Cc1cccc2cc3cccc(CP(C(C)C)C(C)C)c3nc12)C(C)C.O=[C-]Cl.[Ru+]. The van der Waals surface area contributed by atoms with Crippen LogP contribution in [0.2, 0.25) is 0 Å². The molecule has 0 atom stereocenters. The van der Waals surface area contributed by atoms with Crippen LogP contribution in [0.4, 0.5) is 0 Å². The Morgan fingerprint density at radius 2 is 1.06 bits per heavy atom. The van der Waals surface area contributed by atoms with Crippen LogP contribution in [0.1, 0.15) is 66.5 Å². The number of hydrogen-bond acceptors (Lipinski definition) is 2. The number of para-hydroxylation sites is 2. The third-order valence-corrected chi connectivity index (χ3v) is 12.9. The van der Waals surface area contributed by atoms with Crippen LogP contribution in [0.3, 0.4) is 0 Å². The molecule has 2 nitrogen and oxygen atoms in total. The van der Waals surface area contributed by atoms with Crippen molar-refractivity contribution in [2.75, 3.05) is 0 Å². The number of rotatable bonds is 8. The van der Waals surface area contributed by atoms with Gasteiger partial charge in [-0.15, -0.1) is 0 Å². The Labute approximate surface area is 227 Å². The first-order valence-electron chi connectivity index (χ1n) is 11.9. The molecule has 0 aliphatic carbocycles. The van der Waals surface area contributed by atoms with E-state index in [1.807, 2.05) is 0 Å². The molecule has 0 saturated heterocycles. The zero-order chi connectivity index (χ0) is 24.7. The number of benzene rings is 2. The summed E-state index contributed by atoms with van der Waals surface area (Å²) in [5, 5.41) is 2.57. The van der Waals surface area contributed by atoms with E-state index in [9.17, 15) is 0 Å². The standard InChI is InChI=1S/C27H39NP2.CClO.Ru/c1-18(2)29(19(3)4)16-24-13-9-11-22-15-23-12-10-14-25(27(23)28-26(22)24)17-30(20(5)6)21(7)8;2-1-3;/h9-15,18-21H,16-17H2,1-8H3;;/q;-1;+1. The van der Waals surface area contributed by atoms with Crippen molar-refractivity contribution in [1.29, 1.82) is 0 Å². The predicted octanol–water partition coefficient (Wildman–Crippen LogP) is 9.28. The molecule has 3 rings (SSSR count). The van der Waals surface area contributed by atoms with Crippen LogP contribution in [-0.2, 0) is 36.6 Å². The molecular formula is C28H39ClNOP2Ru. The number of fused-ring (bicyclic) bond motifs is 2. The average molecular weight is 604 g/mol. The molecule has 1 radical (unpaired) electrons. The van der Waals surface area contributed by atoms with Crippen molar-refractivity contribution in [1.82, 2.24) is 4.98 Å². The molecule has 6 heteroatoms. The fourth-order valence-electron chi connectivity index (χ4n) is 4.58. The normalized spacial score (nSPS) is 11.6. The van der Waals surface area contributed by atoms with E-state index in [0.29, 0.717) is 0 Å². The largest absolute Gasteiger partial charge is 1.00 e. The van der Waals surface area contributed by atoms with Crippen molar-refractivity contribution >= 4 is 55.0 Å². The Kier molecular flexibility index (Phi) is 13.9. The Morgan fingerprint density at radius 3 is 1.35 bits per heavy atom. The Morgan fingerprint density at radius 1 is 0.735 bits per heavy atom. The second-order valence-corrected chi connectivity index (χ2v) is 16.7. The van der Waals surface area contributed by atoms with E-state index >= 15 is 0 Å². The van der Waals surface area contributed by atoms with Crippen molar-refractivity contribution in [3.05, 3.63) is 53.6 Å². The van der Waals surface area contributed by atoms with Crippen LogP contribution in [-0.4, -0.2) is 33.4 Å². The topological polar surface area (TPSA) is 30.0 Å². The monoisotopic (exact) mass is 604 g/mol. The molecular weight excluding hydrogens is 565 g/mol. The quantitative estimate of drug-likeness (QED) is 0.0844. The van der Waals surface area contributed by atoms with E-state index < -0.39 is 0 Å². The number of pyridine rings is 1. The average Bonchev–Trinajstić information content (AvgIpc) is 2.74. The summed E-state index contributed by atoms with van der Waals surface area (Å²) in [4.78, 5) is 13.8. The van der Waals surface area contributed by atoms with Gasteiger partial charge in [-0.3, -0.25) is 0 Å². The van der Waals surface area contributed by atoms with Gasteiger partial charge in [0.1, 0.15) is 0 Å². The molecule has 0 amide bonds. The van der Waals surface area contributed by atoms with Crippen LogP contribution in [0.25, 0.3) is 21.8 Å². The third-order valence-electron chi connectivity index (χ3n) is 6.20. The van der Waals surface area contributed by atoms with E-state index in [1.54, 1.807) is 0 Å². The molecule has 0 fully saturated rings. The molecule has 1 heterocycles. The number of halogens is 1. The molecule has 0 aliphatic rings. The summed E-state index contributed by atoms with van der Waals surface area (Å²) in [7, 11) is -0.0940. The second kappa shape index (κ2) is 15.0. The summed E-state index contributed by atoms with van der Waals surface area (Å²) in [6.07, 6.45) is 2.35. The first-order chi connectivity index (χ1) is 15.6. The fourth-order valence-corrected chi connectivity index (χ4v) is 9.72. The summed E-state index contributed by atoms with van der Waals surface area (Å²) >= 11 is 4.19. The fraction of sp³-hybridized carbons (Fsp3) is 0.500. The maximum Gasteiger partial charge on any atom is 1.00 e. The van der Waals surface area contributed by atoms with Gasteiger partial charge in [0.15, 0.2) is 0 Å². The number of carbonyl (C=O) groups excluding carboxylic acids is 1. The van der Waals surface area contributed by atoms with Crippen molar-refractivity contribution in [3.8, 4) is 0 Å². The minimum Gasteiger partial charge on any atom is -0.525 e. The molecule has 0 bridgehead atoms. The minimum absolute atomic E-state index is 0. The van der Waals surface area contributed by atoms with Crippen molar-refractivity contribution in [2.24, 2.45) is 0 Å². The third kappa shape index (κ3) is 8.31. The Bertz CT molecular complexity index is 962. The second-order valence-electron chi connectivity index (χ2n) is 9.76. The van der Waals surface area contributed by atoms with Crippen molar-refractivity contribution < 1.29 is 24.3 Å².